The Morgan fingerprint density at radius 3 is 2.59 bits per heavy atom. The molecular formula is C12H14BrF3O. The van der Waals surface area contributed by atoms with Crippen molar-refractivity contribution in [3.05, 3.63) is 28.5 Å². The topological polar surface area (TPSA) is 9.23 Å². The zero-order valence-corrected chi connectivity index (χ0v) is 11.1. The molecule has 17 heavy (non-hydrogen) atoms. The molecule has 5 heteroatoms. The molecule has 0 spiro atoms. The monoisotopic (exact) mass is 310 g/mol. The van der Waals surface area contributed by atoms with E-state index in [1.165, 1.54) is 12.1 Å². The van der Waals surface area contributed by atoms with Crippen molar-refractivity contribution < 1.29 is 17.9 Å². The molecular weight excluding hydrogens is 297 g/mol. The Labute approximate surface area is 107 Å². The summed E-state index contributed by atoms with van der Waals surface area (Å²) in [5.41, 5.74) is 0. The molecule has 1 rings (SSSR count). The smallest absolute Gasteiger partial charge is 0.397 e. The molecule has 0 amide bonds. The summed E-state index contributed by atoms with van der Waals surface area (Å²) in [6, 6.07) is 3.59. The fourth-order valence-corrected chi connectivity index (χ4v) is 1.59. The quantitative estimate of drug-likeness (QED) is 0.661. The minimum atomic E-state index is -3.24. The second kappa shape index (κ2) is 6.28. The number of unbranched alkanes of at least 4 members (excludes halogenated alkanes) is 2. The van der Waals surface area contributed by atoms with Crippen LogP contribution in [0.2, 0.25) is 0 Å². The van der Waals surface area contributed by atoms with Crippen molar-refractivity contribution in [3.63, 3.8) is 0 Å². The molecule has 1 nitrogen and oxygen atoms in total. The van der Waals surface area contributed by atoms with Gasteiger partial charge in [-0.3, -0.25) is 0 Å². The van der Waals surface area contributed by atoms with Crippen molar-refractivity contribution in [2.45, 2.75) is 38.7 Å². The SMILES string of the molecule is CCCCCC(F)(F)Oc1ccc(Br)c(F)c1. The number of rotatable bonds is 6. The average molecular weight is 311 g/mol. The predicted molar refractivity (Wildman–Crippen MR) is 63.8 cm³/mol. The summed E-state index contributed by atoms with van der Waals surface area (Å²) in [5, 5.41) is 0. The molecule has 0 saturated carbocycles. The molecule has 0 heterocycles. The Bertz CT molecular complexity index is 369. The maximum atomic E-state index is 13.3. The van der Waals surface area contributed by atoms with Crippen LogP contribution in [0.25, 0.3) is 0 Å². The molecule has 0 radical (unpaired) electrons. The number of ether oxygens (including phenoxy) is 1. The summed E-state index contributed by atoms with van der Waals surface area (Å²) in [5.74, 6) is -0.779. The van der Waals surface area contributed by atoms with Gasteiger partial charge in [-0.2, -0.15) is 8.78 Å². The van der Waals surface area contributed by atoms with E-state index >= 15 is 0 Å². The van der Waals surface area contributed by atoms with Crippen LogP contribution in [0.3, 0.4) is 0 Å². The van der Waals surface area contributed by atoms with Crippen LogP contribution in [0, 0.1) is 5.82 Å². The zero-order valence-electron chi connectivity index (χ0n) is 9.48. The van der Waals surface area contributed by atoms with Gasteiger partial charge in [0.1, 0.15) is 11.6 Å². The maximum Gasteiger partial charge on any atom is 0.397 e. The Kier molecular flexibility index (Phi) is 5.31. The van der Waals surface area contributed by atoms with Gasteiger partial charge in [-0.05, 0) is 34.5 Å². The molecule has 0 saturated heterocycles. The normalized spacial score (nSPS) is 11.6. The van der Waals surface area contributed by atoms with Crippen LogP contribution in [-0.2, 0) is 0 Å². The molecule has 96 valence electrons. The van der Waals surface area contributed by atoms with Crippen molar-refractivity contribution in [2.75, 3.05) is 0 Å². The first-order chi connectivity index (χ1) is 7.94. The van der Waals surface area contributed by atoms with E-state index < -0.39 is 11.9 Å². The summed E-state index contributed by atoms with van der Waals surface area (Å²) in [4.78, 5) is 0. The first-order valence-electron chi connectivity index (χ1n) is 5.46. The van der Waals surface area contributed by atoms with Gasteiger partial charge in [0, 0.05) is 6.07 Å². The summed E-state index contributed by atoms with van der Waals surface area (Å²) in [6.45, 7) is 1.93. The van der Waals surface area contributed by atoms with Gasteiger partial charge in [0.2, 0.25) is 0 Å². The fraction of sp³-hybridized carbons (Fsp3) is 0.500. The van der Waals surface area contributed by atoms with Gasteiger partial charge in [-0.25, -0.2) is 4.39 Å². The lowest BCUT2D eigenvalue weighted by atomic mass is 10.2. The number of alkyl halides is 2. The average Bonchev–Trinajstić information content (AvgIpc) is 2.23. The van der Waals surface area contributed by atoms with E-state index in [1.54, 1.807) is 0 Å². The molecule has 0 aliphatic carbocycles. The maximum absolute atomic E-state index is 13.3. The lowest BCUT2D eigenvalue weighted by Gasteiger charge is -2.18. The molecule has 0 aliphatic heterocycles. The van der Waals surface area contributed by atoms with Crippen LogP contribution in [-0.4, -0.2) is 6.11 Å². The highest BCUT2D eigenvalue weighted by Crippen LogP contribution is 2.28. The van der Waals surface area contributed by atoms with Crippen molar-refractivity contribution in [1.82, 2.24) is 0 Å². The molecule has 0 bridgehead atoms. The number of hydrogen-bond donors (Lipinski definition) is 0. The van der Waals surface area contributed by atoms with Crippen molar-refractivity contribution in [1.29, 1.82) is 0 Å². The molecule has 0 aromatic heterocycles. The third-order valence-electron chi connectivity index (χ3n) is 2.23. The third kappa shape index (κ3) is 4.98. The van der Waals surface area contributed by atoms with Crippen LogP contribution in [0.1, 0.15) is 32.6 Å². The highest BCUT2D eigenvalue weighted by molar-refractivity contribution is 9.10. The standard InChI is InChI=1S/C12H14BrF3O/c1-2-3-4-7-12(15,16)17-9-5-6-10(13)11(14)8-9/h5-6,8H,2-4,7H2,1H3. The first kappa shape index (κ1) is 14.4. The Morgan fingerprint density at radius 1 is 1.29 bits per heavy atom. The van der Waals surface area contributed by atoms with Crippen LogP contribution in [0.5, 0.6) is 5.75 Å². The molecule has 0 fully saturated rings. The zero-order chi connectivity index (χ0) is 12.9. The van der Waals surface area contributed by atoms with Gasteiger partial charge in [0.05, 0.1) is 10.9 Å². The van der Waals surface area contributed by atoms with Crippen molar-refractivity contribution >= 4 is 15.9 Å². The number of halogens is 4. The molecule has 1 aromatic rings. The molecule has 1 aromatic carbocycles. The van der Waals surface area contributed by atoms with Crippen molar-refractivity contribution in [2.24, 2.45) is 0 Å². The van der Waals surface area contributed by atoms with Crippen molar-refractivity contribution in [3.8, 4) is 5.75 Å². The Hall–Kier alpha value is -0.710. The lowest BCUT2D eigenvalue weighted by Crippen LogP contribution is -2.24. The minimum absolute atomic E-state index is 0.160. The molecule has 0 atom stereocenters. The third-order valence-corrected chi connectivity index (χ3v) is 2.87. The minimum Gasteiger partial charge on any atom is -0.432 e. The number of benzene rings is 1. The fourth-order valence-electron chi connectivity index (χ4n) is 1.34. The predicted octanol–water partition coefficient (Wildman–Crippen LogP) is 5.14. The summed E-state index contributed by atoms with van der Waals surface area (Å²) >= 11 is 2.94. The number of hydrogen-bond acceptors (Lipinski definition) is 1. The van der Waals surface area contributed by atoms with Crippen LogP contribution >= 0.6 is 15.9 Å². The second-order valence-corrected chi connectivity index (χ2v) is 4.63. The summed E-state index contributed by atoms with van der Waals surface area (Å²) < 4.78 is 44.4. The van der Waals surface area contributed by atoms with Crippen LogP contribution in [0.4, 0.5) is 13.2 Å². The van der Waals surface area contributed by atoms with Crippen LogP contribution in [0.15, 0.2) is 22.7 Å². The Morgan fingerprint density at radius 2 is 2.00 bits per heavy atom. The van der Waals surface area contributed by atoms with Gasteiger partial charge in [0.25, 0.3) is 0 Å². The van der Waals surface area contributed by atoms with E-state index in [0.29, 0.717) is 6.42 Å². The van der Waals surface area contributed by atoms with Gasteiger partial charge in [-0.1, -0.05) is 19.8 Å². The Balaban J connectivity index is 2.59. The van der Waals surface area contributed by atoms with E-state index in [-0.39, 0.29) is 16.6 Å². The largest absolute Gasteiger partial charge is 0.432 e. The molecule has 0 unspecified atom stereocenters. The van der Waals surface area contributed by atoms with E-state index in [4.69, 9.17) is 0 Å². The highest BCUT2D eigenvalue weighted by Gasteiger charge is 2.30. The van der Waals surface area contributed by atoms with E-state index in [0.717, 1.165) is 18.9 Å². The second-order valence-electron chi connectivity index (χ2n) is 3.77. The molecule has 0 aliphatic rings. The van der Waals surface area contributed by atoms with Gasteiger partial charge < -0.3 is 4.74 Å². The van der Waals surface area contributed by atoms with E-state index in [9.17, 15) is 13.2 Å². The summed E-state index contributed by atoms with van der Waals surface area (Å²) in [6.07, 6.45) is -1.60. The summed E-state index contributed by atoms with van der Waals surface area (Å²) in [7, 11) is 0. The van der Waals surface area contributed by atoms with Gasteiger partial charge in [0.15, 0.2) is 0 Å². The highest BCUT2D eigenvalue weighted by atomic mass is 79.9. The van der Waals surface area contributed by atoms with Gasteiger partial charge in [-0.15, -0.1) is 0 Å². The first-order valence-corrected chi connectivity index (χ1v) is 6.26. The van der Waals surface area contributed by atoms with Crippen LogP contribution < -0.4 is 4.74 Å². The van der Waals surface area contributed by atoms with E-state index in [2.05, 4.69) is 20.7 Å². The van der Waals surface area contributed by atoms with Gasteiger partial charge >= 0.3 is 6.11 Å². The van der Waals surface area contributed by atoms with E-state index in [1.807, 2.05) is 6.92 Å². The molecule has 0 N–H and O–H groups in total. The lowest BCUT2D eigenvalue weighted by molar-refractivity contribution is -0.181.